The van der Waals surface area contributed by atoms with Gasteiger partial charge in [-0.2, -0.15) is 0 Å². The van der Waals surface area contributed by atoms with Crippen LogP contribution in [0.3, 0.4) is 0 Å². The number of hydrogen-bond donors (Lipinski definition) is 2. The number of nitrogens with one attached hydrogen (secondary N) is 1. The molecular formula is C13H21NO4. The molecule has 102 valence electrons. The highest BCUT2D eigenvalue weighted by molar-refractivity contribution is 5.77. The van der Waals surface area contributed by atoms with Gasteiger partial charge in [0, 0.05) is 6.04 Å². The van der Waals surface area contributed by atoms with E-state index in [2.05, 4.69) is 5.32 Å². The largest absolute Gasteiger partial charge is 0.481 e. The van der Waals surface area contributed by atoms with Crippen LogP contribution in [-0.2, 0) is 9.53 Å². The van der Waals surface area contributed by atoms with E-state index in [1.807, 2.05) is 20.8 Å². The van der Waals surface area contributed by atoms with Gasteiger partial charge in [-0.1, -0.05) is 0 Å². The van der Waals surface area contributed by atoms with Gasteiger partial charge >= 0.3 is 12.1 Å². The van der Waals surface area contributed by atoms with Crippen LogP contribution in [0.15, 0.2) is 0 Å². The van der Waals surface area contributed by atoms with Gasteiger partial charge in [0.15, 0.2) is 0 Å². The Labute approximate surface area is 107 Å². The molecule has 2 N–H and O–H groups in total. The zero-order valence-corrected chi connectivity index (χ0v) is 11.2. The molecule has 0 aromatic carbocycles. The molecule has 18 heavy (non-hydrogen) atoms. The third kappa shape index (κ3) is 2.18. The van der Waals surface area contributed by atoms with Crippen LogP contribution in [0.1, 0.15) is 46.5 Å². The molecule has 0 radical (unpaired) electrons. The van der Waals surface area contributed by atoms with Crippen LogP contribution in [0.25, 0.3) is 0 Å². The highest BCUT2D eigenvalue weighted by Crippen LogP contribution is 2.57. The summed E-state index contributed by atoms with van der Waals surface area (Å²) in [6.07, 6.45) is 2.57. The molecule has 2 fully saturated rings. The Balaban J connectivity index is 1.93. The number of rotatable bonds is 2. The summed E-state index contributed by atoms with van der Waals surface area (Å²) in [5.74, 6) is -0.644. The Bertz CT molecular complexity index is 374. The van der Waals surface area contributed by atoms with E-state index in [4.69, 9.17) is 4.74 Å². The van der Waals surface area contributed by atoms with Crippen molar-refractivity contribution in [3.8, 4) is 0 Å². The second kappa shape index (κ2) is 4.14. The summed E-state index contributed by atoms with van der Waals surface area (Å²) in [6.45, 7) is 5.43. The summed E-state index contributed by atoms with van der Waals surface area (Å²) in [5, 5.41) is 12.1. The van der Waals surface area contributed by atoms with Crippen LogP contribution in [0.4, 0.5) is 4.79 Å². The highest BCUT2D eigenvalue weighted by Gasteiger charge is 2.60. The van der Waals surface area contributed by atoms with Crippen LogP contribution in [-0.4, -0.2) is 28.8 Å². The van der Waals surface area contributed by atoms with Crippen molar-refractivity contribution in [2.45, 2.75) is 58.1 Å². The molecule has 0 saturated heterocycles. The Kier molecular flexibility index (Phi) is 3.03. The molecule has 5 heteroatoms. The van der Waals surface area contributed by atoms with Crippen LogP contribution in [0, 0.1) is 11.3 Å². The monoisotopic (exact) mass is 255 g/mol. The van der Waals surface area contributed by atoms with E-state index in [1.54, 1.807) is 0 Å². The summed E-state index contributed by atoms with van der Waals surface area (Å²) >= 11 is 0. The lowest BCUT2D eigenvalue weighted by Crippen LogP contribution is -2.51. The Morgan fingerprint density at radius 2 is 1.89 bits per heavy atom. The number of alkyl carbamates (subject to hydrolysis) is 1. The van der Waals surface area contributed by atoms with Crippen molar-refractivity contribution in [3.63, 3.8) is 0 Å². The van der Waals surface area contributed by atoms with E-state index in [1.165, 1.54) is 0 Å². The zero-order valence-electron chi connectivity index (χ0n) is 11.2. The molecule has 1 amide bonds. The van der Waals surface area contributed by atoms with Gasteiger partial charge in [0.2, 0.25) is 0 Å². The fourth-order valence-corrected chi connectivity index (χ4v) is 3.17. The summed E-state index contributed by atoms with van der Waals surface area (Å²) in [7, 11) is 0. The lowest BCUT2D eigenvalue weighted by Gasteiger charge is -2.43. The average Bonchev–Trinajstić information content (AvgIpc) is 2.34. The van der Waals surface area contributed by atoms with Crippen molar-refractivity contribution in [3.05, 3.63) is 0 Å². The molecule has 0 heterocycles. The molecule has 0 aromatic rings. The molecule has 0 bridgehead atoms. The Morgan fingerprint density at radius 3 is 2.28 bits per heavy atom. The molecule has 0 aromatic heterocycles. The molecule has 2 aliphatic rings. The fourth-order valence-electron chi connectivity index (χ4n) is 3.17. The van der Waals surface area contributed by atoms with E-state index < -0.39 is 23.1 Å². The molecule has 2 saturated carbocycles. The van der Waals surface area contributed by atoms with Gasteiger partial charge in [-0.15, -0.1) is 0 Å². The second-order valence-corrected chi connectivity index (χ2v) is 6.40. The van der Waals surface area contributed by atoms with E-state index in [9.17, 15) is 14.7 Å². The van der Waals surface area contributed by atoms with Crippen molar-refractivity contribution < 1.29 is 19.4 Å². The van der Waals surface area contributed by atoms with Gasteiger partial charge in [0.05, 0.1) is 5.41 Å². The van der Waals surface area contributed by atoms with Crippen molar-refractivity contribution in [1.29, 1.82) is 0 Å². The van der Waals surface area contributed by atoms with Gasteiger partial charge in [0.25, 0.3) is 0 Å². The van der Waals surface area contributed by atoms with Gasteiger partial charge in [-0.05, 0) is 52.4 Å². The van der Waals surface area contributed by atoms with E-state index in [0.29, 0.717) is 6.42 Å². The maximum atomic E-state index is 11.7. The summed E-state index contributed by atoms with van der Waals surface area (Å²) in [6, 6.07) is -0.0512. The lowest BCUT2D eigenvalue weighted by molar-refractivity contribution is -0.159. The van der Waals surface area contributed by atoms with Crippen LogP contribution in [0.2, 0.25) is 0 Å². The van der Waals surface area contributed by atoms with Crippen LogP contribution >= 0.6 is 0 Å². The molecule has 0 aliphatic heterocycles. The van der Waals surface area contributed by atoms with Crippen LogP contribution < -0.4 is 5.32 Å². The normalized spacial score (nSPS) is 34.4. The molecule has 3 atom stereocenters. The minimum absolute atomic E-state index is 0.0512. The van der Waals surface area contributed by atoms with Crippen molar-refractivity contribution in [1.82, 2.24) is 5.32 Å². The first-order valence-electron chi connectivity index (χ1n) is 6.47. The molecule has 0 spiro atoms. The van der Waals surface area contributed by atoms with E-state index in [-0.39, 0.29) is 12.0 Å². The maximum Gasteiger partial charge on any atom is 0.407 e. The van der Waals surface area contributed by atoms with Gasteiger partial charge < -0.3 is 15.2 Å². The molecule has 0 unspecified atom stereocenters. The van der Waals surface area contributed by atoms with Gasteiger partial charge in [-0.25, -0.2) is 4.79 Å². The summed E-state index contributed by atoms with van der Waals surface area (Å²) in [4.78, 5) is 23.0. The second-order valence-electron chi connectivity index (χ2n) is 6.40. The maximum absolute atomic E-state index is 11.7. The number of aliphatic carboxylic acids is 1. The van der Waals surface area contributed by atoms with E-state index in [0.717, 1.165) is 19.3 Å². The molecular weight excluding hydrogens is 234 g/mol. The molecule has 2 rings (SSSR count). The van der Waals surface area contributed by atoms with Crippen LogP contribution in [0.5, 0.6) is 0 Å². The number of carbonyl (C=O) groups is 2. The number of ether oxygens (including phenoxy) is 1. The Hall–Kier alpha value is -1.26. The summed E-state index contributed by atoms with van der Waals surface area (Å²) < 4.78 is 5.20. The van der Waals surface area contributed by atoms with Gasteiger partial charge in [0.1, 0.15) is 5.60 Å². The standard InChI is InChI=1S/C13H21NO4/c1-12(2,3)18-11(17)14-9-5-7-13(10(15)16)6-4-8(9)13/h8-9H,4-7H2,1-3H3,(H,14,17)(H,15,16)/t8-,9-,13-/m1/s1. The van der Waals surface area contributed by atoms with Crippen molar-refractivity contribution in [2.24, 2.45) is 11.3 Å². The average molecular weight is 255 g/mol. The Morgan fingerprint density at radius 1 is 1.28 bits per heavy atom. The van der Waals surface area contributed by atoms with Gasteiger partial charge in [-0.3, -0.25) is 4.79 Å². The SMILES string of the molecule is CC(C)(C)OC(=O)N[C@@H]1CC[C@]2(C(=O)O)CC[C@H]12. The topological polar surface area (TPSA) is 75.6 Å². The molecule has 5 nitrogen and oxygen atoms in total. The van der Waals surface area contributed by atoms with E-state index >= 15 is 0 Å². The number of fused-ring (bicyclic) bond motifs is 1. The predicted molar refractivity (Wildman–Crippen MR) is 65.2 cm³/mol. The minimum Gasteiger partial charge on any atom is -0.481 e. The summed E-state index contributed by atoms with van der Waals surface area (Å²) in [5.41, 5.74) is -1.11. The third-order valence-electron chi connectivity index (χ3n) is 4.13. The minimum atomic E-state index is -0.716. The number of carboxylic acid groups (broad SMARTS) is 1. The zero-order chi connectivity index (χ0) is 13.6. The van der Waals surface area contributed by atoms with Crippen molar-refractivity contribution in [2.75, 3.05) is 0 Å². The smallest absolute Gasteiger partial charge is 0.407 e. The van der Waals surface area contributed by atoms with Crippen molar-refractivity contribution >= 4 is 12.1 Å². The quantitative estimate of drug-likeness (QED) is 0.792. The molecule has 2 aliphatic carbocycles. The first kappa shape index (κ1) is 13.2. The number of hydrogen-bond acceptors (Lipinski definition) is 3. The number of amides is 1. The first-order valence-corrected chi connectivity index (χ1v) is 6.47. The highest BCUT2D eigenvalue weighted by atomic mass is 16.6. The first-order chi connectivity index (χ1) is 8.24. The third-order valence-corrected chi connectivity index (χ3v) is 4.13. The number of carboxylic acids is 1. The fraction of sp³-hybridized carbons (Fsp3) is 0.846. The lowest BCUT2D eigenvalue weighted by atomic mass is 9.61. The predicted octanol–water partition coefficient (Wildman–Crippen LogP) is 2.15. The number of carbonyl (C=O) groups excluding carboxylic acids is 1.